The topological polar surface area (TPSA) is 29.5 Å². The number of amides is 1. The van der Waals surface area contributed by atoms with Gasteiger partial charge in [-0.1, -0.05) is 33.6 Å². The Morgan fingerprint density at radius 2 is 2.00 bits per heavy atom. The van der Waals surface area contributed by atoms with Gasteiger partial charge in [-0.15, -0.1) is 0 Å². The minimum Gasteiger partial charge on any atom is -0.368 e. The molecule has 6 heteroatoms. The summed E-state index contributed by atoms with van der Waals surface area (Å²) in [6.45, 7) is 4.37. The molecule has 0 radical (unpaired) electrons. The molecule has 2 atom stereocenters. The normalized spacial score (nSPS) is 23.4. The number of carbonyl (C=O) groups excluding carboxylic acids is 1. The summed E-state index contributed by atoms with van der Waals surface area (Å²) >= 11 is 0. The van der Waals surface area contributed by atoms with Crippen LogP contribution in [0.4, 0.5) is 13.2 Å². The van der Waals surface area contributed by atoms with Crippen LogP contribution in [0.1, 0.15) is 46.5 Å². The van der Waals surface area contributed by atoms with Crippen molar-refractivity contribution < 1.29 is 22.7 Å². The highest BCUT2D eigenvalue weighted by Crippen LogP contribution is 2.25. The summed E-state index contributed by atoms with van der Waals surface area (Å²) in [4.78, 5) is 12.8. The maximum Gasteiger partial charge on any atom is 0.406 e. The van der Waals surface area contributed by atoms with Crippen molar-refractivity contribution in [1.82, 2.24) is 4.90 Å². The Labute approximate surface area is 124 Å². The highest BCUT2D eigenvalue weighted by atomic mass is 19.4. The van der Waals surface area contributed by atoms with E-state index < -0.39 is 18.6 Å². The monoisotopic (exact) mass is 309 g/mol. The smallest absolute Gasteiger partial charge is 0.368 e. The Hall–Kier alpha value is -0.780. The van der Waals surface area contributed by atoms with Crippen LogP contribution < -0.4 is 0 Å². The third-order valence-corrected chi connectivity index (χ3v) is 3.64. The molecule has 3 nitrogen and oxygen atoms in total. The van der Waals surface area contributed by atoms with E-state index in [1.54, 1.807) is 13.8 Å². The maximum atomic E-state index is 12.5. The van der Waals surface area contributed by atoms with E-state index in [9.17, 15) is 18.0 Å². The average molecular weight is 309 g/mol. The lowest BCUT2D eigenvalue weighted by molar-refractivity contribution is -0.166. The molecular formula is C15H26F3NO2. The molecule has 0 saturated heterocycles. The van der Waals surface area contributed by atoms with Crippen molar-refractivity contribution >= 4 is 5.91 Å². The zero-order valence-corrected chi connectivity index (χ0v) is 13.1. The zero-order valence-electron chi connectivity index (χ0n) is 13.1. The first kappa shape index (κ1) is 18.3. The zero-order chi connectivity index (χ0) is 16.0. The van der Waals surface area contributed by atoms with E-state index in [2.05, 4.69) is 6.92 Å². The fourth-order valence-corrected chi connectivity index (χ4v) is 2.72. The molecule has 0 aliphatic heterocycles. The van der Waals surface area contributed by atoms with Crippen LogP contribution in [0.25, 0.3) is 0 Å². The van der Waals surface area contributed by atoms with Crippen molar-refractivity contribution in [3.63, 3.8) is 0 Å². The van der Waals surface area contributed by atoms with Gasteiger partial charge in [0.15, 0.2) is 0 Å². The van der Waals surface area contributed by atoms with Crippen LogP contribution in [0.5, 0.6) is 0 Å². The van der Waals surface area contributed by atoms with E-state index in [0.29, 0.717) is 5.92 Å². The molecule has 1 saturated carbocycles. The van der Waals surface area contributed by atoms with Crippen LogP contribution in [-0.2, 0) is 9.53 Å². The van der Waals surface area contributed by atoms with Crippen LogP contribution in [0, 0.1) is 11.8 Å². The summed E-state index contributed by atoms with van der Waals surface area (Å²) in [7, 11) is 0. The van der Waals surface area contributed by atoms with Crippen molar-refractivity contribution in [3.05, 3.63) is 0 Å². The fourth-order valence-electron chi connectivity index (χ4n) is 2.72. The van der Waals surface area contributed by atoms with Gasteiger partial charge in [-0.2, -0.15) is 13.2 Å². The number of ether oxygens (including phenoxy) is 1. The summed E-state index contributed by atoms with van der Waals surface area (Å²) in [5.74, 6) is -0.0222. The van der Waals surface area contributed by atoms with E-state index in [-0.39, 0.29) is 25.2 Å². The predicted octanol–water partition coefficient (Wildman–Crippen LogP) is 3.63. The summed E-state index contributed by atoms with van der Waals surface area (Å²) in [5.41, 5.74) is 0. The van der Waals surface area contributed by atoms with Crippen molar-refractivity contribution in [3.8, 4) is 0 Å². The number of hydrogen-bond donors (Lipinski definition) is 0. The molecule has 2 unspecified atom stereocenters. The van der Waals surface area contributed by atoms with Gasteiger partial charge >= 0.3 is 6.18 Å². The second kappa shape index (κ2) is 8.01. The molecule has 0 bridgehead atoms. The lowest BCUT2D eigenvalue weighted by Crippen LogP contribution is -2.43. The van der Waals surface area contributed by atoms with E-state index in [0.717, 1.165) is 30.6 Å². The fraction of sp³-hybridized carbons (Fsp3) is 0.933. The molecule has 0 aromatic carbocycles. The van der Waals surface area contributed by atoms with Crippen molar-refractivity contribution in [2.75, 3.05) is 19.7 Å². The number of rotatable bonds is 6. The second-order valence-electron chi connectivity index (χ2n) is 6.49. The predicted molar refractivity (Wildman–Crippen MR) is 74.8 cm³/mol. The van der Waals surface area contributed by atoms with Gasteiger partial charge in [0.2, 0.25) is 5.91 Å². The van der Waals surface area contributed by atoms with Crippen LogP contribution in [0.3, 0.4) is 0 Å². The largest absolute Gasteiger partial charge is 0.406 e. The van der Waals surface area contributed by atoms with E-state index in [1.807, 2.05) is 0 Å². The summed E-state index contributed by atoms with van der Waals surface area (Å²) in [6.07, 6.45) is -0.383. The lowest BCUT2D eigenvalue weighted by atomic mass is 9.89. The Kier molecular flexibility index (Phi) is 6.97. The van der Waals surface area contributed by atoms with Crippen molar-refractivity contribution in [2.45, 2.75) is 58.7 Å². The quantitative estimate of drug-likeness (QED) is 0.750. The number of alkyl halides is 3. The first-order valence-corrected chi connectivity index (χ1v) is 7.63. The summed E-state index contributed by atoms with van der Waals surface area (Å²) < 4.78 is 43.1. The van der Waals surface area contributed by atoms with Crippen LogP contribution in [-0.4, -0.2) is 42.8 Å². The van der Waals surface area contributed by atoms with Gasteiger partial charge in [0.25, 0.3) is 0 Å². The number of halogens is 3. The average Bonchev–Trinajstić information content (AvgIpc) is 2.33. The number of hydrogen-bond acceptors (Lipinski definition) is 2. The van der Waals surface area contributed by atoms with Crippen LogP contribution >= 0.6 is 0 Å². The number of carbonyl (C=O) groups is 1. The highest BCUT2D eigenvalue weighted by Gasteiger charge is 2.33. The molecule has 0 N–H and O–H groups in total. The molecule has 0 spiro atoms. The molecular weight excluding hydrogens is 283 g/mol. The Morgan fingerprint density at radius 1 is 1.33 bits per heavy atom. The van der Waals surface area contributed by atoms with Gasteiger partial charge in [-0.05, 0) is 24.7 Å². The minimum absolute atomic E-state index is 0.00415. The summed E-state index contributed by atoms with van der Waals surface area (Å²) in [5, 5.41) is 0. The van der Waals surface area contributed by atoms with E-state index in [1.165, 1.54) is 0 Å². The molecule has 124 valence electrons. The first-order chi connectivity index (χ1) is 9.67. The van der Waals surface area contributed by atoms with E-state index in [4.69, 9.17) is 4.74 Å². The van der Waals surface area contributed by atoms with Gasteiger partial charge in [-0.3, -0.25) is 4.79 Å². The first-order valence-electron chi connectivity index (χ1n) is 7.63. The molecule has 1 aliphatic rings. The lowest BCUT2D eigenvalue weighted by Gasteiger charge is -2.29. The SMILES string of the molecule is CC(C)CN(CC(F)(F)F)C(=O)COC1CCCC(C)C1. The second-order valence-corrected chi connectivity index (χ2v) is 6.49. The van der Waals surface area contributed by atoms with Crippen molar-refractivity contribution in [1.29, 1.82) is 0 Å². The molecule has 1 fully saturated rings. The third kappa shape index (κ3) is 7.69. The Morgan fingerprint density at radius 3 is 2.52 bits per heavy atom. The highest BCUT2D eigenvalue weighted by molar-refractivity contribution is 5.77. The van der Waals surface area contributed by atoms with Gasteiger partial charge in [0, 0.05) is 6.54 Å². The van der Waals surface area contributed by atoms with Crippen LogP contribution in [0.2, 0.25) is 0 Å². The van der Waals surface area contributed by atoms with E-state index >= 15 is 0 Å². The molecule has 0 aromatic heterocycles. The maximum absolute atomic E-state index is 12.5. The van der Waals surface area contributed by atoms with Gasteiger partial charge in [0.05, 0.1) is 6.10 Å². The molecule has 0 aromatic rings. The summed E-state index contributed by atoms with van der Waals surface area (Å²) in [6, 6.07) is 0. The molecule has 1 aliphatic carbocycles. The molecule has 1 rings (SSSR count). The molecule has 21 heavy (non-hydrogen) atoms. The standard InChI is InChI=1S/C15H26F3NO2/c1-11(2)8-19(10-15(16,17)18)14(20)9-21-13-6-4-5-12(3)7-13/h11-13H,4-10H2,1-3H3. The van der Waals surface area contributed by atoms with Gasteiger partial charge in [0.1, 0.15) is 13.2 Å². The third-order valence-electron chi connectivity index (χ3n) is 3.64. The number of nitrogens with zero attached hydrogens (tertiary/aromatic N) is 1. The Bertz CT molecular complexity index is 331. The Balaban J connectivity index is 2.47. The molecule has 1 amide bonds. The van der Waals surface area contributed by atoms with Crippen LogP contribution in [0.15, 0.2) is 0 Å². The van der Waals surface area contributed by atoms with Gasteiger partial charge in [-0.25, -0.2) is 0 Å². The van der Waals surface area contributed by atoms with Gasteiger partial charge < -0.3 is 9.64 Å². The minimum atomic E-state index is -4.37. The van der Waals surface area contributed by atoms with Crippen molar-refractivity contribution in [2.24, 2.45) is 11.8 Å². The molecule has 0 heterocycles.